The topological polar surface area (TPSA) is 78.5 Å². The van der Waals surface area contributed by atoms with E-state index >= 15 is 0 Å². The van der Waals surface area contributed by atoms with Crippen molar-refractivity contribution < 1.29 is 13.9 Å². The second kappa shape index (κ2) is 11.3. The first kappa shape index (κ1) is 27.6. The summed E-state index contributed by atoms with van der Waals surface area (Å²) in [6, 6.07) is 21.9. The zero-order valence-electron chi connectivity index (χ0n) is 22.6. The molecule has 0 amide bonds. The Morgan fingerprint density at radius 1 is 1.07 bits per heavy atom. The van der Waals surface area contributed by atoms with Gasteiger partial charge < -0.3 is 4.74 Å². The number of halogens is 2. The maximum absolute atomic E-state index is 14.1. The molecule has 0 saturated heterocycles. The van der Waals surface area contributed by atoms with Crippen molar-refractivity contribution in [3.05, 3.63) is 138 Å². The number of para-hydroxylation sites is 1. The molecule has 42 heavy (non-hydrogen) atoms. The van der Waals surface area contributed by atoms with Crippen LogP contribution in [0.5, 0.6) is 0 Å². The summed E-state index contributed by atoms with van der Waals surface area (Å²) < 4.78 is 22.8. The average molecular weight is 599 g/mol. The Kier molecular flexibility index (Phi) is 7.45. The van der Waals surface area contributed by atoms with E-state index in [1.165, 1.54) is 28.0 Å². The van der Waals surface area contributed by atoms with E-state index in [-0.39, 0.29) is 17.7 Å². The Labute approximate surface area is 249 Å². The van der Waals surface area contributed by atoms with Gasteiger partial charge >= 0.3 is 5.97 Å². The monoisotopic (exact) mass is 598 g/mol. The van der Waals surface area contributed by atoms with Crippen LogP contribution in [0, 0.1) is 5.82 Å². The van der Waals surface area contributed by atoms with Crippen LogP contribution in [0.1, 0.15) is 31.0 Å². The third-order valence-electron chi connectivity index (χ3n) is 6.87. The van der Waals surface area contributed by atoms with Crippen LogP contribution in [0.2, 0.25) is 5.02 Å². The number of aromatic nitrogens is 3. The van der Waals surface area contributed by atoms with E-state index in [1.807, 2.05) is 48.7 Å². The number of carbonyl (C=O) groups is 1. The summed E-state index contributed by atoms with van der Waals surface area (Å²) in [6.07, 6.45) is 3.65. The van der Waals surface area contributed by atoms with Crippen molar-refractivity contribution in [3.8, 4) is 16.9 Å². The van der Waals surface area contributed by atoms with Gasteiger partial charge in [0.2, 0.25) is 0 Å². The molecule has 0 bridgehead atoms. The van der Waals surface area contributed by atoms with Crippen LogP contribution in [-0.2, 0) is 9.53 Å². The van der Waals surface area contributed by atoms with Gasteiger partial charge in [-0.2, -0.15) is 5.10 Å². The highest BCUT2D eigenvalue weighted by Crippen LogP contribution is 2.31. The molecule has 0 saturated carbocycles. The number of rotatable bonds is 6. The summed E-state index contributed by atoms with van der Waals surface area (Å²) in [4.78, 5) is 32.2. The normalized spacial score (nSPS) is 15.0. The van der Waals surface area contributed by atoms with Crippen LogP contribution < -0.4 is 14.9 Å². The smallest absolute Gasteiger partial charge is 0.338 e. The number of nitrogens with zero attached hydrogens (tertiary/aromatic N) is 4. The Morgan fingerprint density at radius 2 is 1.79 bits per heavy atom. The lowest BCUT2D eigenvalue weighted by molar-refractivity contribution is -0.139. The SMILES string of the molecule is CCOC(=O)C1=C(C)N=c2s/c(=C\c3cn(-c4ccccc4)nc3-c3ccc(Cl)cc3)c(=O)n2[C@@H]1c1ccc(F)cc1. The fourth-order valence-electron chi connectivity index (χ4n) is 4.93. The average Bonchev–Trinajstić information content (AvgIpc) is 3.54. The molecule has 0 radical (unpaired) electrons. The van der Waals surface area contributed by atoms with Crippen LogP contribution in [0.4, 0.5) is 4.39 Å². The second-order valence-electron chi connectivity index (χ2n) is 9.57. The summed E-state index contributed by atoms with van der Waals surface area (Å²) in [5, 5.41) is 5.44. The quantitative estimate of drug-likeness (QED) is 0.244. The number of allylic oxidation sites excluding steroid dienone is 1. The summed E-state index contributed by atoms with van der Waals surface area (Å²) in [5.74, 6) is -0.994. The van der Waals surface area contributed by atoms with Crippen LogP contribution in [0.3, 0.4) is 0 Å². The second-order valence-corrected chi connectivity index (χ2v) is 11.0. The molecule has 0 aliphatic carbocycles. The zero-order chi connectivity index (χ0) is 29.4. The van der Waals surface area contributed by atoms with E-state index in [1.54, 1.807) is 48.9 Å². The predicted molar refractivity (Wildman–Crippen MR) is 161 cm³/mol. The molecule has 3 aromatic carbocycles. The lowest BCUT2D eigenvalue weighted by Crippen LogP contribution is -2.39. The molecule has 10 heteroatoms. The van der Waals surface area contributed by atoms with Crippen molar-refractivity contribution >= 4 is 35.0 Å². The molecule has 1 aliphatic heterocycles. The number of thiazole rings is 1. The number of hydrogen-bond donors (Lipinski definition) is 0. The van der Waals surface area contributed by atoms with Gasteiger partial charge in [-0.3, -0.25) is 9.36 Å². The Morgan fingerprint density at radius 3 is 2.48 bits per heavy atom. The molecule has 6 rings (SSSR count). The molecule has 3 heterocycles. The largest absolute Gasteiger partial charge is 0.463 e. The van der Waals surface area contributed by atoms with Crippen LogP contribution in [0.25, 0.3) is 23.0 Å². The predicted octanol–water partition coefficient (Wildman–Crippen LogP) is 5.44. The Balaban J connectivity index is 1.56. The first-order valence-corrected chi connectivity index (χ1v) is 14.4. The van der Waals surface area contributed by atoms with Crippen molar-refractivity contribution in [1.82, 2.24) is 14.3 Å². The number of carbonyl (C=O) groups excluding carboxylic acids is 1. The van der Waals surface area contributed by atoms with E-state index in [0.717, 1.165) is 11.3 Å². The van der Waals surface area contributed by atoms with E-state index in [0.29, 0.717) is 36.9 Å². The zero-order valence-corrected chi connectivity index (χ0v) is 24.2. The van der Waals surface area contributed by atoms with E-state index < -0.39 is 17.8 Å². The summed E-state index contributed by atoms with van der Waals surface area (Å²) >= 11 is 7.35. The minimum Gasteiger partial charge on any atom is -0.463 e. The molecule has 1 atom stereocenters. The van der Waals surface area contributed by atoms with E-state index in [4.69, 9.17) is 21.4 Å². The molecular formula is C32H24ClFN4O3S. The minimum absolute atomic E-state index is 0.162. The Hall–Kier alpha value is -4.60. The van der Waals surface area contributed by atoms with Gasteiger partial charge in [-0.1, -0.05) is 65.4 Å². The van der Waals surface area contributed by atoms with Gasteiger partial charge in [0.1, 0.15) is 11.5 Å². The molecule has 2 aromatic heterocycles. The van der Waals surface area contributed by atoms with Crippen molar-refractivity contribution in [2.75, 3.05) is 6.61 Å². The maximum Gasteiger partial charge on any atom is 0.338 e. The number of benzene rings is 3. The summed E-state index contributed by atoms with van der Waals surface area (Å²) in [7, 11) is 0. The van der Waals surface area contributed by atoms with Gasteiger partial charge in [0, 0.05) is 22.3 Å². The molecule has 0 N–H and O–H groups in total. The van der Waals surface area contributed by atoms with Gasteiger partial charge in [0.05, 0.1) is 34.1 Å². The molecule has 1 aliphatic rings. The highest BCUT2D eigenvalue weighted by atomic mass is 35.5. The molecule has 7 nitrogen and oxygen atoms in total. The van der Waals surface area contributed by atoms with Gasteiger partial charge in [-0.25, -0.2) is 18.9 Å². The fraction of sp³-hybridized carbons (Fsp3) is 0.125. The molecule has 0 fully saturated rings. The first-order valence-electron chi connectivity index (χ1n) is 13.2. The van der Waals surface area contributed by atoms with Crippen molar-refractivity contribution in [3.63, 3.8) is 0 Å². The van der Waals surface area contributed by atoms with Gasteiger partial charge in [-0.05, 0) is 61.9 Å². The first-order chi connectivity index (χ1) is 20.3. The number of ether oxygens (including phenoxy) is 1. The molecular weight excluding hydrogens is 575 g/mol. The third kappa shape index (κ3) is 5.13. The van der Waals surface area contributed by atoms with Gasteiger partial charge in [0.15, 0.2) is 4.80 Å². The van der Waals surface area contributed by atoms with Crippen LogP contribution in [-0.4, -0.2) is 26.9 Å². The minimum atomic E-state index is -0.828. The van der Waals surface area contributed by atoms with Crippen LogP contribution in [0.15, 0.2) is 106 Å². The lowest BCUT2D eigenvalue weighted by atomic mass is 9.96. The molecule has 0 spiro atoms. The number of fused-ring (bicyclic) bond motifs is 1. The highest BCUT2D eigenvalue weighted by Gasteiger charge is 2.33. The summed E-state index contributed by atoms with van der Waals surface area (Å²) in [6.45, 7) is 3.58. The summed E-state index contributed by atoms with van der Waals surface area (Å²) in [5.41, 5.74) is 3.98. The molecule has 210 valence electrons. The number of esters is 1. The van der Waals surface area contributed by atoms with Gasteiger partial charge in [0.25, 0.3) is 5.56 Å². The van der Waals surface area contributed by atoms with Crippen LogP contribution >= 0.6 is 22.9 Å². The standard InChI is InChI=1S/C32H24ClFN4O3S/c1-3-41-31(40)27-19(2)35-32-38(29(27)21-11-15-24(34)16-12-21)30(39)26(42-32)17-22-18-37(25-7-5-4-6-8-25)36-28(22)20-9-13-23(33)14-10-20/h4-18,29H,3H2,1-2H3/b26-17-/t29-/m1/s1. The number of hydrogen-bond acceptors (Lipinski definition) is 6. The van der Waals surface area contributed by atoms with E-state index in [9.17, 15) is 14.0 Å². The highest BCUT2D eigenvalue weighted by molar-refractivity contribution is 7.07. The Bertz CT molecular complexity index is 2010. The lowest BCUT2D eigenvalue weighted by Gasteiger charge is -2.24. The van der Waals surface area contributed by atoms with Crippen molar-refractivity contribution in [2.24, 2.45) is 4.99 Å². The maximum atomic E-state index is 14.1. The molecule has 5 aromatic rings. The van der Waals surface area contributed by atoms with E-state index in [2.05, 4.69) is 4.99 Å². The van der Waals surface area contributed by atoms with Gasteiger partial charge in [-0.15, -0.1) is 0 Å². The third-order valence-corrected chi connectivity index (χ3v) is 8.11. The molecule has 0 unspecified atom stereocenters. The van der Waals surface area contributed by atoms with Crippen molar-refractivity contribution in [2.45, 2.75) is 19.9 Å². The fourth-order valence-corrected chi connectivity index (χ4v) is 6.09. The van der Waals surface area contributed by atoms with Crippen molar-refractivity contribution in [1.29, 1.82) is 0 Å².